The van der Waals surface area contributed by atoms with Crippen LogP contribution in [0.5, 0.6) is 0 Å². The Bertz CT molecular complexity index is 1230. The van der Waals surface area contributed by atoms with Gasteiger partial charge in [0.2, 0.25) is 0 Å². The average molecular weight is 488 g/mol. The molecule has 1 N–H and O–H groups in total. The molecule has 6 nitrogen and oxygen atoms in total. The Morgan fingerprint density at radius 3 is 2.27 bits per heavy atom. The molecule has 0 unspecified atom stereocenters. The Hall–Kier alpha value is -2.94. The van der Waals surface area contributed by atoms with Gasteiger partial charge in [-0.15, -0.1) is 0 Å². The number of hydrogen-bond donors (Lipinski definition) is 1. The van der Waals surface area contributed by atoms with Gasteiger partial charge in [0.05, 0.1) is 5.02 Å². The number of amides is 1. The van der Waals surface area contributed by atoms with Gasteiger partial charge in [-0.05, 0) is 48.0 Å². The highest BCUT2D eigenvalue weighted by Gasteiger charge is 2.25. The molecule has 0 spiro atoms. The van der Waals surface area contributed by atoms with Gasteiger partial charge in [0.25, 0.3) is 15.9 Å². The first kappa shape index (κ1) is 23.2. The highest BCUT2D eigenvalue weighted by molar-refractivity contribution is 7.92. The van der Waals surface area contributed by atoms with Crippen molar-refractivity contribution in [2.75, 3.05) is 30.9 Å². The second-order valence-electron chi connectivity index (χ2n) is 7.81. The normalized spacial score (nSPS) is 14.8. The maximum atomic E-state index is 13.1. The van der Waals surface area contributed by atoms with Crippen molar-refractivity contribution in [1.29, 1.82) is 0 Å². The first-order chi connectivity index (χ1) is 15.8. The van der Waals surface area contributed by atoms with Gasteiger partial charge in [0.15, 0.2) is 0 Å². The highest BCUT2D eigenvalue weighted by Crippen LogP contribution is 2.26. The molecular formula is C24H23ClFN3O3S. The molecule has 0 atom stereocenters. The summed E-state index contributed by atoms with van der Waals surface area (Å²) in [4.78, 5) is 16.9. The lowest BCUT2D eigenvalue weighted by molar-refractivity contribution is 0.0628. The average Bonchev–Trinajstić information content (AvgIpc) is 2.81. The van der Waals surface area contributed by atoms with Crippen molar-refractivity contribution in [3.8, 4) is 0 Å². The van der Waals surface area contributed by atoms with E-state index in [4.69, 9.17) is 11.6 Å². The monoisotopic (exact) mass is 487 g/mol. The highest BCUT2D eigenvalue weighted by atomic mass is 35.5. The number of nitrogens with zero attached hydrogens (tertiary/aromatic N) is 2. The fourth-order valence-electron chi connectivity index (χ4n) is 3.70. The largest absolute Gasteiger partial charge is 0.336 e. The number of hydrogen-bond acceptors (Lipinski definition) is 4. The summed E-state index contributed by atoms with van der Waals surface area (Å²) in [5, 5.41) is -0.00570. The molecule has 0 saturated carbocycles. The topological polar surface area (TPSA) is 69.7 Å². The van der Waals surface area contributed by atoms with Crippen LogP contribution in [0.4, 0.5) is 10.1 Å². The number of carbonyl (C=O) groups is 1. The summed E-state index contributed by atoms with van der Waals surface area (Å²) in [5.41, 5.74) is 1.66. The smallest absolute Gasteiger partial charge is 0.263 e. The van der Waals surface area contributed by atoms with E-state index in [9.17, 15) is 17.6 Å². The van der Waals surface area contributed by atoms with E-state index >= 15 is 0 Å². The van der Waals surface area contributed by atoms with Crippen LogP contribution in [-0.2, 0) is 16.6 Å². The van der Waals surface area contributed by atoms with Gasteiger partial charge in [-0.3, -0.25) is 14.4 Å². The van der Waals surface area contributed by atoms with Crippen LogP contribution in [0.3, 0.4) is 0 Å². The number of anilines is 1. The zero-order valence-corrected chi connectivity index (χ0v) is 19.3. The van der Waals surface area contributed by atoms with Crippen LogP contribution in [0.2, 0.25) is 5.02 Å². The molecule has 1 fully saturated rings. The van der Waals surface area contributed by atoms with Crippen LogP contribution in [0.15, 0.2) is 77.7 Å². The van der Waals surface area contributed by atoms with Crippen LogP contribution in [0.25, 0.3) is 0 Å². The maximum absolute atomic E-state index is 13.1. The van der Waals surface area contributed by atoms with Crippen molar-refractivity contribution in [2.24, 2.45) is 0 Å². The van der Waals surface area contributed by atoms with E-state index in [0.29, 0.717) is 13.1 Å². The second-order valence-corrected chi connectivity index (χ2v) is 9.87. The maximum Gasteiger partial charge on any atom is 0.263 e. The number of benzene rings is 3. The Labute approximate surface area is 197 Å². The van der Waals surface area contributed by atoms with Gasteiger partial charge in [0, 0.05) is 44.0 Å². The molecule has 172 valence electrons. The molecule has 1 heterocycles. The van der Waals surface area contributed by atoms with E-state index in [1.807, 2.05) is 18.2 Å². The van der Waals surface area contributed by atoms with Crippen LogP contribution in [-0.4, -0.2) is 50.3 Å². The lowest BCUT2D eigenvalue weighted by Crippen LogP contribution is -2.48. The third-order valence-corrected chi connectivity index (χ3v) is 7.34. The molecule has 4 rings (SSSR count). The summed E-state index contributed by atoms with van der Waals surface area (Å²) in [6, 6.07) is 19.3. The number of halogens is 2. The molecule has 0 bridgehead atoms. The first-order valence-corrected chi connectivity index (χ1v) is 12.3. The number of piperazine rings is 1. The van der Waals surface area contributed by atoms with Gasteiger partial charge in [0.1, 0.15) is 10.7 Å². The summed E-state index contributed by atoms with van der Waals surface area (Å²) < 4.78 is 41.2. The van der Waals surface area contributed by atoms with Gasteiger partial charge >= 0.3 is 0 Å². The summed E-state index contributed by atoms with van der Waals surface area (Å²) >= 11 is 6.15. The molecule has 1 aliphatic rings. The predicted octanol–water partition coefficient (Wildman–Crippen LogP) is 4.24. The minimum atomic E-state index is -4.07. The Balaban J connectivity index is 1.44. The molecule has 0 aliphatic carbocycles. The molecule has 1 saturated heterocycles. The van der Waals surface area contributed by atoms with Crippen molar-refractivity contribution in [1.82, 2.24) is 9.80 Å². The van der Waals surface area contributed by atoms with Crippen molar-refractivity contribution in [3.05, 3.63) is 94.8 Å². The molecule has 3 aromatic carbocycles. The molecule has 0 aromatic heterocycles. The van der Waals surface area contributed by atoms with E-state index < -0.39 is 15.8 Å². The second kappa shape index (κ2) is 9.91. The number of rotatable bonds is 6. The Morgan fingerprint density at radius 1 is 0.939 bits per heavy atom. The van der Waals surface area contributed by atoms with Gasteiger partial charge in [-0.1, -0.05) is 41.9 Å². The summed E-state index contributed by atoms with van der Waals surface area (Å²) in [6.45, 7) is 3.37. The number of carbonyl (C=O) groups excluding carboxylic acids is 1. The zero-order chi connectivity index (χ0) is 23.4. The quantitative estimate of drug-likeness (QED) is 0.564. The summed E-state index contributed by atoms with van der Waals surface area (Å²) in [7, 11) is -4.07. The van der Waals surface area contributed by atoms with Gasteiger partial charge < -0.3 is 4.90 Å². The van der Waals surface area contributed by atoms with Crippen LogP contribution in [0, 0.1) is 5.82 Å². The fraction of sp³-hybridized carbons (Fsp3) is 0.208. The zero-order valence-electron chi connectivity index (χ0n) is 17.7. The van der Waals surface area contributed by atoms with Gasteiger partial charge in [-0.25, -0.2) is 12.8 Å². The number of nitrogens with one attached hydrogen (secondary N) is 1. The summed E-state index contributed by atoms with van der Waals surface area (Å²) in [6.07, 6.45) is 0. The predicted molar refractivity (Wildman–Crippen MR) is 126 cm³/mol. The lowest BCUT2D eigenvalue weighted by Gasteiger charge is -2.34. The molecule has 1 amide bonds. The van der Waals surface area contributed by atoms with E-state index in [-0.39, 0.29) is 27.1 Å². The van der Waals surface area contributed by atoms with Gasteiger partial charge in [-0.2, -0.15) is 0 Å². The SMILES string of the molecule is O=C(c1ccc(Cl)c(S(=O)(=O)Nc2ccc(F)cc2)c1)N1CCN(Cc2ccccc2)CC1. The van der Waals surface area contributed by atoms with Crippen LogP contribution >= 0.6 is 11.6 Å². The van der Waals surface area contributed by atoms with Crippen LogP contribution < -0.4 is 4.72 Å². The van der Waals surface area contributed by atoms with E-state index in [1.54, 1.807) is 4.90 Å². The summed E-state index contributed by atoms with van der Waals surface area (Å²) in [5.74, 6) is -0.725. The molecule has 1 aliphatic heterocycles. The van der Waals surface area contributed by atoms with Crippen molar-refractivity contribution in [3.63, 3.8) is 0 Å². The van der Waals surface area contributed by atoms with E-state index in [1.165, 1.54) is 35.9 Å². The van der Waals surface area contributed by atoms with Crippen LogP contribution in [0.1, 0.15) is 15.9 Å². The fourth-order valence-corrected chi connectivity index (χ4v) is 5.29. The van der Waals surface area contributed by atoms with E-state index in [0.717, 1.165) is 31.8 Å². The molecular weight excluding hydrogens is 465 g/mol. The number of sulfonamides is 1. The molecule has 3 aromatic rings. The van der Waals surface area contributed by atoms with Crippen molar-refractivity contribution in [2.45, 2.75) is 11.4 Å². The minimum absolute atomic E-state index is 0.00570. The molecule has 0 radical (unpaired) electrons. The standard InChI is InChI=1S/C24H23ClFN3O3S/c25-22-11-6-19(16-23(22)33(31,32)27-21-9-7-20(26)8-10-21)24(30)29-14-12-28(13-15-29)17-18-4-2-1-3-5-18/h1-11,16,27H,12-15,17H2. The van der Waals surface area contributed by atoms with Crippen molar-refractivity contribution >= 4 is 33.2 Å². The minimum Gasteiger partial charge on any atom is -0.336 e. The Morgan fingerprint density at radius 2 is 1.61 bits per heavy atom. The molecule has 33 heavy (non-hydrogen) atoms. The third-order valence-electron chi connectivity index (χ3n) is 5.47. The third kappa shape index (κ3) is 5.71. The first-order valence-electron chi connectivity index (χ1n) is 10.5. The Kier molecular flexibility index (Phi) is 6.97. The van der Waals surface area contributed by atoms with E-state index in [2.05, 4.69) is 21.8 Å². The molecule has 9 heteroatoms. The van der Waals surface area contributed by atoms with Crippen molar-refractivity contribution < 1.29 is 17.6 Å². The lowest BCUT2D eigenvalue weighted by atomic mass is 10.1.